The molecule has 2 aromatic rings. The van der Waals surface area contributed by atoms with Crippen molar-refractivity contribution in [1.29, 1.82) is 0 Å². The SMILES string of the molecule is O=C(CCCc1ccc(F)cc1Cl)c1ccccc1. The number of carbonyl (C=O) groups excluding carboxylic acids is 1. The quantitative estimate of drug-likeness (QED) is 0.725. The number of halogens is 2. The van der Waals surface area contributed by atoms with Crippen LogP contribution in [0.25, 0.3) is 0 Å². The second kappa shape index (κ2) is 6.48. The van der Waals surface area contributed by atoms with Crippen molar-refractivity contribution in [2.45, 2.75) is 19.3 Å². The second-order valence-electron chi connectivity index (χ2n) is 4.38. The van der Waals surface area contributed by atoms with Gasteiger partial charge in [0.1, 0.15) is 5.82 Å². The van der Waals surface area contributed by atoms with E-state index in [0.717, 1.165) is 11.1 Å². The van der Waals surface area contributed by atoms with Crippen molar-refractivity contribution in [3.8, 4) is 0 Å². The van der Waals surface area contributed by atoms with Crippen molar-refractivity contribution in [2.75, 3.05) is 0 Å². The van der Waals surface area contributed by atoms with Gasteiger partial charge in [0.25, 0.3) is 0 Å². The molecular weight excluding hydrogens is 263 g/mol. The zero-order chi connectivity index (χ0) is 13.7. The Hall–Kier alpha value is -1.67. The normalized spacial score (nSPS) is 10.4. The van der Waals surface area contributed by atoms with Gasteiger partial charge < -0.3 is 0 Å². The lowest BCUT2D eigenvalue weighted by atomic mass is 10.0. The lowest BCUT2D eigenvalue weighted by Crippen LogP contribution is -1.99. The van der Waals surface area contributed by atoms with Gasteiger partial charge in [-0.15, -0.1) is 0 Å². The summed E-state index contributed by atoms with van der Waals surface area (Å²) in [6, 6.07) is 13.6. The van der Waals surface area contributed by atoms with Crippen molar-refractivity contribution in [2.24, 2.45) is 0 Å². The molecule has 19 heavy (non-hydrogen) atoms. The summed E-state index contributed by atoms with van der Waals surface area (Å²) < 4.78 is 12.9. The summed E-state index contributed by atoms with van der Waals surface area (Å²) in [4.78, 5) is 11.9. The van der Waals surface area contributed by atoms with E-state index in [9.17, 15) is 9.18 Å². The van der Waals surface area contributed by atoms with E-state index in [2.05, 4.69) is 0 Å². The van der Waals surface area contributed by atoms with Crippen LogP contribution in [0.4, 0.5) is 4.39 Å². The van der Waals surface area contributed by atoms with E-state index < -0.39 is 0 Å². The topological polar surface area (TPSA) is 17.1 Å². The maximum Gasteiger partial charge on any atom is 0.162 e. The maximum atomic E-state index is 12.9. The van der Waals surface area contributed by atoms with Gasteiger partial charge in [-0.25, -0.2) is 4.39 Å². The fourth-order valence-electron chi connectivity index (χ4n) is 1.93. The molecule has 1 nitrogen and oxygen atoms in total. The predicted molar refractivity (Wildman–Crippen MR) is 75.1 cm³/mol. The molecule has 0 fully saturated rings. The minimum atomic E-state index is -0.339. The molecule has 0 aromatic heterocycles. The number of benzene rings is 2. The van der Waals surface area contributed by atoms with Crippen LogP contribution >= 0.6 is 11.6 Å². The van der Waals surface area contributed by atoms with E-state index in [0.29, 0.717) is 24.3 Å². The van der Waals surface area contributed by atoms with Crippen molar-refractivity contribution < 1.29 is 9.18 Å². The highest BCUT2D eigenvalue weighted by molar-refractivity contribution is 6.31. The highest BCUT2D eigenvalue weighted by atomic mass is 35.5. The highest BCUT2D eigenvalue weighted by Crippen LogP contribution is 2.19. The van der Waals surface area contributed by atoms with E-state index in [1.165, 1.54) is 12.1 Å². The minimum Gasteiger partial charge on any atom is -0.294 e. The number of aryl methyl sites for hydroxylation is 1. The third-order valence-electron chi connectivity index (χ3n) is 2.96. The second-order valence-corrected chi connectivity index (χ2v) is 4.79. The number of rotatable bonds is 5. The fraction of sp³-hybridized carbons (Fsp3) is 0.188. The van der Waals surface area contributed by atoms with Crippen LogP contribution in [0.5, 0.6) is 0 Å². The van der Waals surface area contributed by atoms with Crippen LogP contribution in [0.3, 0.4) is 0 Å². The van der Waals surface area contributed by atoms with E-state index in [1.807, 2.05) is 30.3 Å². The van der Waals surface area contributed by atoms with E-state index >= 15 is 0 Å². The Bertz CT molecular complexity index is 566. The molecule has 0 bridgehead atoms. The average Bonchev–Trinajstić information content (AvgIpc) is 2.42. The minimum absolute atomic E-state index is 0.124. The van der Waals surface area contributed by atoms with Gasteiger partial charge in [0.15, 0.2) is 5.78 Å². The number of Topliss-reactive ketones (excluding diaryl/α,β-unsaturated/α-hetero) is 1. The Morgan fingerprint density at radius 2 is 1.84 bits per heavy atom. The monoisotopic (exact) mass is 276 g/mol. The Morgan fingerprint density at radius 1 is 1.11 bits per heavy atom. The Labute approximate surface area is 117 Å². The van der Waals surface area contributed by atoms with Gasteiger partial charge in [-0.1, -0.05) is 48.0 Å². The molecule has 0 spiro atoms. The highest BCUT2D eigenvalue weighted by Gasteiger charge is 2.06. The first-order valence-electron chi connectivity index (χ1n) is 6.19. The lowest BCUT2D eigenvalue weighted by molar-refractivity contribution is 0.0980. The van der Waals surface area contributed by atoms with Gasteiger partial charge >= 0.3 is 0 Å². The van der Waals surface area contributed by atoms with Crippen molar-refractivity contribution >= 4 is 17.4 Å². The third-order valence-corrected chi connectivity index (χ3v) is 3.31. The molecule has 0 aliphatic carbocycles. The Kier molecular flexibility index (Phi) is 4.69. The summed E-state index contributed by atoms with van der Waals surface area (Å²) in [6.07, 6.45) is 1.86. The number of hydrogen-bond acceptors (Lipinski definition) is 1. The average molecular weight is 277 g/mol. The number of hydrogen-bond donors (Lipinski definition) is 0. The smallest absolute Gasteiger partial charge is 0.162 e. The molecule has 98 valence electrons. The number of carbonyl (C=O) groups is 1. The largest absolute Gasteiger partial charge is 0.294 e. The molecule has 0 radical (unpaired) electrons. The predicted octanol–water partition coefficient (Wildman–Crippen LogP) is 4.68. The van der Waals surface area contributed by atoms with E-state index in [1.54, 1.807) is 6.07 Å². The zero-order valence-corrected chi connectivity index (χ0v) is 11.2. The van der Waals surface area contributed by atoms with Crippen molar-refractivity contribution in [3.05, 3.63) is 70.5 Å². The first kappa shape index (κ1) is 13.8. The molecule has 0 aliphatic heterocycles. The van der Waals surface area contributed by atoms with Crippen molar-refractivity contribution in [1.82, 2.24) is 0 Å². The van der Waals surface area contributed by atoms with Crippen LogP contribution in [0.1, 0.15) is 28.8 Å². The first-order chi connectivity index (χ1) is 9.16. The van der Waals surface area contributed by atoms with Gasteiger partial charge in [0.2, 0.25) is 0 Å². The van der Waals surface area contributed by atoms with Crippen LogP contribution in [0.2, 0.25) is 5.02 Å². The summed E-state index contributed by atoms with van der Waals surface area (Å²) in [5.41, 5.74) is 1.61. The summed E-state index contributed by atoms with van der Waals surface area (Å²) in [6.45, 7) is 0. The molecule has 0 aliphatic rings. The Balaban J connectivity index is 1.88. The van der Waals surface area contributed by atoms with Crippen LogP contribution < -0.4 is 0 Å². The standard InChI is InChI=1S/C16H14ClFO/c17-15-11-14(18)10-9-12(15)7-4-8-16(19)13-5-2-1-3-6-13/h1-3,5-6,9-11H,4,7-8H2. The van der Waals surface area contributed by atoms with Crippen molar-refractivity contribution in [3.63, 3.8) is 0 Å². The summed E-state index contributed by atoms with van der Waals surface area (Å²) in [7, 11) is 0. The molecule has 0 saturated carbocycles. The molecule has 3 heteroatoms. The van der Waals surface area contributed by atoms with Crippen LogP contribution in [-0.4, -0.2) is 5.78 Å². The van der Waals surface area contributed by atoms with Gasteiger partial charge in [0.05, 0.1) is 0 Å². The molecule has 0 saturated heterocycles. The molecule has 0 unspecified atom stereocenters. The molecule has 2 rings (SSSR count). The van der Waals surface area contributed by atoms with Gasteiger partial charge in [0, 0.05) is 17.0 Å². The summed E-state index contributed by atoms with van der Waals surface area (Å²) >= 11 is 5.94. The fourth-order valence-corrected chi connectivity index (χ4v) is 2.19. The molecule has 2 aromatic carbocycles. The van der Waals surface area contributed by atoms with Gasteiger partial charge in [-0.2, -0.15) is 0 Å². The molecular formula is C16H14ClFO. The maximum absolute atomic E-state index is 12.9. The first-order valence-corrected chi connectivity index (χ1v) is 6.57. The number of ketones is 1. The summed E-state index contributed by atoms with van der Waals surface area (Å²) in [5.74, 6) is -0.215. The van der Waals surface area contributed by atoms with E-state index in [-0.39, 0.29) is 11.6 Å². The van der Waals surface area contributed by atoms with Crippen LogP contribution in [-0.2, 0) is 6.42 Å². The van der Waals surface area contributed by atoms with Crippen LogP contribution in [0, 0.1) is 5.82 Å². The zero-order valence-electron chi connectivity index (χ0n) is 10.4. The van der Waals surface area contributed by atoms with E-state index in [4.69, 9.17) is 11.6 Å². The summed E-state index contributed by atoms with van der Waals surface area (Å²) in [5, 5.41) is 0.423. The molecule has 0 heterocycles. The molecule has 0 atom stereocenters. The third kappa shape index (κ3) is 3.90. The van der Waals surface area contributed by atoms with Gasteiger partial charge in [-0.3, -0.25) is 4.79 Å². The Morgan fingerprint density at radius 3 is 2.53 bits per heavy atom. The van der Waals surface area contributed by atoms with Gasteiger partial charge in [-0.05, 0) is 30.5 Å². The lowest BCUT2D eigenvalue weighted by Gasteiger charge is -2.04. The molecule has 0 N–H and O–H groups in total. The van der Waals surface area contributed by atoms with Crippen LogP contribution in [0.15, 0.2) is 48.5 Å². The molecule has 0 amide bonds.